The van der Waals surface area contributed by atoms with Crippen molar-refractivity contribution in [2.75, 3.05) is 19.0 Å². The lowest BCUT2D eigenvalue weighted by Gasteiger charge is -2.22. The third-order valence-corrected chi connectivity index (χ3v) is 6.23. The molecule has 1 saturated heterocycles. The second kappa shape index (κ2) is 12.0. The highest BCUT2D eigenvalue weighted by Gasteiger charge is 2.43. The van der Waals surface area contributed by atoms with Crippen LogP contribution in [0.2, 0.25) is 0 Å². The summed E-state index contributed by atoms with van der Waals surface area (Å²) >= 11 is 0. The molecule has 210 valence electrons. The van der Waals surface area contributed by atoms with E-state index in [1.54, 1.807) is 24.0 Å². The van der Waals surface area contributed by atoms with E-state index in [0.717, 1.165) is 36.3 Å². The number of nitrogens with one attached hydrogen (secondary N) is 1. The summed E-state index contributed by atoms with van der Waals surface area (Å²) in [5.74, 6) is 2.02. The van der Waals surface area contributed by atoms with Crippen molar-refractivity contribution in [1.29, 1.82) is 0 Å². The van der Waals surface area contributed by atoms with Crippen LogP contribution in [-0.4, -0.2) is 56.2 Å². The summed E-state index contributed by atoms with van der Waals surface area (Å²) in [7, 11) is 1.58. The van der Waals surface area contributed by atoms with Gasteiger partial charge < -0.3 is 25.3 Å². The van der Waals surface area contributed by atoms with Gasteiger partial charge in [0.05, 0.1) is 36.7 Å². The van der Waals surface area contributed by atoms with Gasteiger partial charge in [-0.1, -0.05) is 21.4 Å². The molecule has 2 aliphatic rings. The second-order valence-corrected chi connectivity index (χ2v) is 10.3. The van der Waals surface area contributed by atoms with E-state index in [9.17, 15) is 0 Å². The third-order valence-electron chi connectivity index (χ3n) is 6.23. The van der Waals surface area contributed by atoms with E-state index in [0.29, 0.717) is 23.9 Å². The molecule has 11 nitrogen and oxygen atoms in total. The van der Waals surface area contributed by atoms with Crippen LogP contribution >= 0.6 is 0 Å². The molecule has 1 amide bonds. The van der Waals surface area contributed by atoms with Gasteiger partial charge >= 0.3 is 0 Å². The number of hydrogen-bond acceptors (Lipinski definition) is 8. The van der Waals surface area contributed by atoms with Gasteiger partial charge in [0.25, 0.3) is 0 Å². The van der Waals surface area contributed by atoms with E-state index >= 15 is 0 Å². The molecule has 0 bridgehead atoms. The minimum atomic E-state index is -0.239. The van der Waals surface area contributed by atoms with E-state index in [4.69, 9.17) is 24.1 Å². The van der Waals surface area contributed by atoms with E-state index in [2.05, 4.69) is 55.4 Å². The Balaban J connectivity index is 0.000000969. The summed E-state index contributed by atoms with van der Waals surface area (Å²) in [6.07, 6.45) is 6.87. The fourth-order valence-corrected chi connectivity index (χ4v) is 4.12. The first-order valence-electron chi connectivity index (χ1n) is 12.0. The van der Waals surface area contributed by atoms with Crippen molar-refractivity contribution in [3.63, 3.8) is 0 Å². The highest BCUT2D eigenvalue weighted by Crippen LogP contribution is 2.43. The lowest BCUT2D eigenvalue weighted by atomic mass is 10.1. The van der Waals surface area contributed by atoms with Gasteiger partial charge in [-0.2, -0.15) is 10.2 Å². The molecule has 2 atom stereocenters. The Morgan fingerprint density at radius 2 is 1.97 bits per heavy atom. The predicted molar refractivity (Wildman–Crippen MR) is 149 cm³/mol. The maximum Gasteiger partial charge on any atom is 0.204 e. The van der Waals surface area contributed by atoms with Crippen molar-refractivity contribution in [1.82, 2.24) is 24.4 Å². The Morgan fingerprint density at radius 1 is 1.29 bits per heavy atom. The van der Waals surface area contributed by atoms with E-state index < -0.39 is 0 Å². The molecule has 3 aromatic rings. The van der Waals surface area contributed by atoms with Crippen molar-refractivity contribution in [3.8, 4) is 0 Å². The first-order chi connectivity index (χ1) is 17.1. The normalized spacial score (nSPS) is 19.4. The monoisotopic (exact) mass is 529 g/mol. The Bertz CT molecular complexity index is 1240. The van der Waals surface area contributed by atoms with Gasteiger partial charge in [0, 0.05) is 24.9 Å². The van der Waals surface area contributed by atoms with Gasteiger partial charge in [-0.05, 0) is 46.6 Å². The molecule has 2 unspecified atom stereocenters. The van der Waals surface area contributed by atoms with E-state index in [1.165, 1.54) is 0 Å². The lowest BCUT2D eigenvalue weighted by Crippen LogP contribution is -2.25. The molecule has 3 aromatic heterocycles. The number of primary amides is 1. The summed E-state index contributed by atoms with van der Waals surface area (Å²) in [5, 5.41) is 12.9. The summed E-state index contributed by atoms with van der Waals surface area (Å²) in [4.78, 5) is 13.1. The molecule has 0 aromatic carbocycles. The van der Waals surface area contributed by atoms with Crippen molar-refractivity contribution in [2.24, 2.45) is 5.73 Å². The first kappa shape index (κ1) is 30.8. The zero-order valence-electron chi connectivity index (χ0n) is 21.5. The highest BCUT2D eigenvalue weighted by atomic mass is 16.6. The lowest BCUT2D eigenvalue weighted by molar-refractivity contribution is -0.106. The number of carbonyl (C=O) groups is 1. The number of ether oxygens (including phenoxy) is 3. The third kappa shape index (κ3) is 6.70. The Kier molecular flexibility index (Phi) is 9.68. The molecule has 0 radical (unpaired) electrons. The van der Waals surface area contributed by atoms with Crippen LogP contribution in [0.1, 0.15) is 79.3 Å². The number of fused-ring (bicyclic) bond motifs is 1. The van der Waals surface area contributed by atoms with Gasteiger partial charge in [-0.15, -0.1) is 0 Å². The number of methoxy groups -OCH3 is 1. The largest absolute Gasteiger partial charge is 0.495 e. The fourth-order valence-electron chi connectivity index (χ4n) is 4.12. The number of rotatable bonds is 7. The highest BCUT2D eigenvalue weighted by molar-refractivity contribution is 5.75. The van der Waals surface area contributed by atoms with Crippen LogP contribution in [-0.2, 0) is 24.5 Å². The minimum Gasteiger partial charge on any atom is -0.495 e. The average molecular weight is 530 g/mol. The van der Waals surface area contributed by atoms with Crippen LogP contribution in [0.3, 0.4) is 0 Å². The number of aromatic nitrogens is 5. The standard InChI is InChI=1S/C24H32N6O3.CH3NO.2CH4/c1-15(31-6)17-12-19-22(25-9-10-29(19)27-17)26-21-13-18(28-30(21)23(2,3)4)20-11-16(14-32-20)33-24(5)7-8-24;2-1-3;;/h9-10,12-13,16,20H,1,7-8,11,14H2,2-6H3,(H,25,26);1H,(H2,2,3);2*1H4. The molecule has 1 saturated carbocycles. The molecule has 5 rings (SSSR count). The maximum absolute atomic E-state index is 8.58. The zero-order chi connectivity index (χ0) is 26.1. The van der Waals surface area contributed by atoms with Crippen molar-refractivity contribution < 1.29 is 19.0 Å². The SMILES string of the molecule is C.C.C=C(OC)c1cc2c(Nc3cc(C4CC(OC5(C)CC5)CO4)nn3C(C)(C)C)nccn2n1.NC=O. The van der Waals surface area contributed by atoms with Crippen LogP contribution < -0.4 is 11.1 Å². The molecule has 1 aliphatic carbocycles. The molecule has 11 heteroatoms. The molecular weight excluding hydrogens is 486 g/mol. The Morgan fingerprint density at radius 3 is 2.58 bits per heavy atom. The summed E-state index contributed by atoms with van der Waals surface area (Å²) in [5.41, 5.74) is 6.35. The number of nitrogens with two attached hydrogens (primary N) is 1. The van der Waals surface area contributed by atoms with Crippen molar-refractivity contribution in [2.45, 2.75) is 85.2 Å². The van der Waals surface area contributed by atoms with Crippen LogP contribution in [0.15, 0.2) is 31.1 Å². The van der Waals surface area contributed by atoms with Crippen LogP contribution in [0.4, 0.5) is 11.6 Å². The van der Waals surface area contributed by atoms with Gasteiger partial charge in [-0.25, -0.2) is 14.2 Å². The summed E-state index contributed by atoms with van der Waals surface area (Å²) in [6.45, 7) is 13.0. The molecule has 4 heterocycles. The number of hydrogen-bond donors (Lipinski definition) is 2. The van der Waals surface area contributed by atoms with E-state index in [1.807, 2.05) is 16.8 Å². The average Bonchev–Trinajstić information content (AvgIpc) is 3.23. The van der Waals surface area contributed by atoms with Gasteiger partial charge in [-0.3, -0.25) is 4.79 Å². The number of amides is 1. The fraction of sp³-hybridized carbons (Fsp3) is 0.556. The molecule has 1 aliphatic heterocycles. The Labute approximate surface area is 225 Å². The minimum absolute atomic E-state index is 0. The van der Waals surface area contributed by atoms with Crippen LogP contribution in [0.25, 0.3) is 11.3 Å². The number of anilines is 2. The molecule has 0 spiro atoms. The van der Waals surface area contributed by atoms with Crippen LogP contribution in [0.5, 0.6) is 0 Å². The first-order valence-corrected chi connectivity index (χ1v) is 12.0. The quantitative estimate of drug-likeness (QED) is 0.329. The van der Waals surface area contributed by atoms with Crippen molar-refractivity contribution in [3.05, 3.63) is 42.5 Å². The summed E-state index contributed by atoms with van der Waals surface area (Å²) in [6, 6.07) is 3.95. The van der Waals surface area contributed by atoms with Crippen LogP contribution in [0, 0.1) is 0 Å². The predicted octanol–water partition coefficient (Wildman–Crippen LogP) is 4.81. The molecular formula is C27H43N7O4. The second-order valence-electron chi connectivity index (χ2n) is 10.3. The molecule has 3 N–H and O–H groups in total. The van der Waals surface area contributed by atoms with Gasteiger partial charge in [0.15, 0.2) is 5.82 Å². The molecule has 2 fully saturated rings. The number of carbonyl (C=O) groups excluding carboxylic acids is 1. The summed E-state index contributed by atoms with van der Waals surface area (Å²) < 4.78 is 21.3. The smallest absolute Gasteiger partial charge is 0.204 e. The van der Waals surface area contributed by atoms with Gasteiger partial charge in [0.2, 0.25) is 6.41 Å². The molecule has 38 heavy (non-hydrogen) atoms. The zero-order valence-corrected chi connectivity index (χ0v) is 21.5. The van der Waals surface area contributed by atoms with Gasteiger partial charge in [0.1, 0.15) is 28.9 Å². The Hall–Kier alpha value is -3.44. The topological polar surface area (TPSA) is 131 Å². The maximum atomic E-state index is 8.58. The van der Waals surface area contributed by atoms with E-state index in [-0.39, 0.29) is 44.6 Å². The van der Waals surface area contributed by atoms with Crippen molar-refractivity contribution >= 4 is 29.3 Å². The number of nitrogens with zero attached hydrogens (tertiary/aromatic N) is 5.